The van der Waals surface area contributed by atoms with Gasteiger partial charge < -0.3 is 14.4 Å². The Morgan fingerprint density at radius 3 is 2.64 bits per heavy atom. The molecule has 120 valence electrons. The molecule has 0 atom stereocenters. The average molecular weight is 305 g/mol. The maximum atomic E-state index is 11.7. The Balaban J connectivity index is 2.81. The minimum Gasteiger partial charge on any atom is -0.463 e. The van der Waals surface area contributed by atoms with Gasteiger partial charge in [0, 0.05) is 25.7 Å². The highest BCUT2D eigenvalue weighted by Crippen LogP contribution is 2.22. The van der Waals surface area contributed by atoms with Crippen LogP contribution in [-0.2, 0) is 9.53 Å². The molecule has 1 rings (SSSR count). The predicted octanol–water partition coefficient (Wildman–Crippen LogP) is 3.41. The smallest absolute Gasteiger partial charge is 0.414 e. The number of benzene rings is 1. The number of nitrogens with zero attached hydrogens (tertiary/aromatic N) is 1. The van der Waals surface area contributed by atoms with Crippen molar-refractivity contribution >= 4 is 18.1 Å². The number of ether oxygens (including phenoxy) is 2. The molecule has 0 saturated heterocycles. The molecule has 1 amide bonds. The lowest BCUT2D eigenvalue weighted by Gasteiger charge is -2.13. The van der Waals surface area contributed by atoms with E-state index in [1.54, 1.807) is 32.3 Å². The van der Waals surface area contributed by atoms with Gasteiger partial charge in [-0.25, -0.2) is 9.59 Å². The van der Waals surface area contributed by atoms with Crippen LogP contribution in [0, 0.1) is 6.92 Å². The third kappa shape index (κ3) is 5.99. The second-order valence-corrected chi connectivity index (χ2v) is 5.16. The normalized spacial score (nSPS) is 10.5. The first-order valence-corrected chi connectivity index (χ1v) is 7.28. The van der Waals surface area contributed by atoms with Crippen molar-refractivity contribution in [1.29, 1.82) is 0 Å². The van der Waals surface area contributed by atoms with Crippen LogP contribution in [-0.4, -0.2) is 37.7 Å². The number of hydrogen-bond acceptors (Lipinski definition) is 4. The highest BCUT2D eigenvalue weighted by Gasteiger charge is 2.10. The molecule has 0 spiro atoms. The third-order valence-electron chi connectivity index (χ3n) is 2.87. The van der Waals surface area contributed by atoms with E-state index >= 15 is 0 Å². The Labute approximate surface area is 131 Å². The molecule has 5 heteroatoms. The zero-order chi connectivity index (χ0) is 16.5. The molecule has 0 bridgehead atoms. The van der Waals surface area contributed by atoms with Gasteiger partial charge in [0.25, 0.3) is 0 Å². The maximum Gasteiger partial charge on any atom is 0.414 e. The van der Waals surface area contributed by atoms with E-state index < -0.39 is 12.1 Å². The van der Waals surface area contributed by atoms with Gasteiger partial charge in [-0.3, -0.25) is 0 Å². The van der Waals surface area contributed by atoms with Gasteiger partial charge in [0.05, 0.1) is 6.61 Å². The maximum absolute atomic E-state index is 11.7. The summed E-state index contributed by atoms with van der Waals surface area (Å²) in [5, 5.41) is 0. The molecular formula is C17H23NO4. The van der Waals surface area contributed by atoms with Crippen LogP contribution in [0.25, 0.3) is 6.08 Å². The summed E-state index contributed by atoms with van der Waals surface area (Å²) < 4.78 is 10.3. The van der Waals surface area contributed by atoms with E-state index in [1.165, 1.54) is 11.0 Å². The lowest BCUT2D eigenvalue weighted by atomic mass is 10.1. The average Bonchev–Trinajstić information content (AvgIpc) is 2.46. The molecule has 0 saturated carbocycles. The van der Waals surface area contributed by atoms with Crippen molar-refractivity contribution in [3.05, 3.63) is 35.4 Å². The third-order valence-corrected chi connectivity index (χ3v) is 2.87. The van der Waals surface area contributed by atoms with Crippen LogP contribution in [0.15, 0.2) is 24.3 Å². The summed E-state index contributed by atoms with van der Waals surface area (Å²) in [4.78, 5) is 24.6. The molecule has 1 aromatic rings. The molecule has 1 aromatic carbocycles. The highest BCUT2D eigenvalue weighted by atomic mass is 16.6. The van der Waals surface area contributed by atoms with Gasteiger partial charge in [-0.2, -0.15) is 0 Å². The van der Waals surface area contributed by atoms with Gasteiger partial charge in [0.15, 0.2) is 0 Å². The van der Waals surface area contributed by atoms with Gasteiger partial charge in [-0.1, -0.05) is 25.5 Å². The van der Waals surface area contributed by atoms with Crippen molar-refractivity contribution in [3.63, 3.8) is 0 Å². The van der Waals surface area contributed by atoms with Crippen LogP contribution in [0.5, 0.6) is 5.75 Å². The molecule has 5 nitrogen and oxygen atoms in total. The largest absolute Gasteiger partial charge is 0.463 e. The predicted molar refractivity (Wildman–Crippen MR) is 85.8 cm³/mol. The second-order valence-electron chi connectivity index (χ2n) is 5.16. The Morgan fingerprint density at radius 2 is 2.00 bits per heavy atom. The van der Waals surface area contributed by atoms with Crippen molar-refractivity contribution in [2.24, 2.45) is 0 Å². The number of hydrogen-bond donors (Lipinski definition) is 0. The fraction of sp³-hybridized carbons (Fsp3) is 0.412. The van der Waals surface area contributed by atoms with Crippen molar-refractivity contribution < 1.29 is 19.1 Å². The summed E-state index contributed by atoms with van der Waals surface area (Å²) in [6, 6.07) is 5.43. The van der Waals surface area contributed by atoms with Crippen LogP contribution in [0.1, 0.15) is 30.9 Å². The number of amides is 1. The molecular weight excluding hydrogens is 282 g/mol. The van der Waals surface area contributed by atoms with Gasteiger partial charge in [-0.15, -0.1) is 0 Å². The molecule has 0 fully saturated rings. The van der Waals surface area contributed by atoms with Gasteiger partial charge in [0.2, 0.25) is 0 Å². The van der Waals surface area contributed by atoms with Crippen LogP contribution in [0.2, 0.25) is 0 Å². The summed E-state index contributed by atoms with van der Waals surface area (Å²) in [5.41, 5.74) is 1.61. The first-order valence-electron chi connectivity index (χ1n) is 7.28. The van der Waals surface area contributed by atoms with Crippen molar-refractivity contribution in [1.82, 2.24) is 4.90 Å². The molecule has 0 aromatic heterocycles. The lowest BCUT2D eigenvalue weighted by Crippen LogP contribution is -2.25. The number of carbonyl (C=O) groups excluding carboxylic acids is 2. The van der Waals surface area contributed by atoms with E-state index in [9.17, 15) is 9.59 Å². The minimum absolute atomic E-state index is 0.404. The minimum atomic E-state index is -0.467. The first-order chi connectivity index (χ1) is 10.4. The monoisotopic (exact) mass is 305 g/mol. The molecule has 0 radical (unpaired) electrons. The molecule has 0 aliphatic heterocycles. The summed E-state index contributed by atoms with van der Waals surface area (Å²) >= 11 is 0. The topological polar surface area (TPSA) is 55.8 Å². The van der Waals surface area contributed by atoms with Gasteiger partial charge in [-0.05, 0) is 31.1 Å². The van der Waals surface area contributed by atoms with Crippen molar-refractivity contribution in [2.75, 3.05) is 20.7 Å². The van der Waals surface area contributed by atoms with E-state index in [-0.39, 0.29) is 0 Å². The number of aryl methyl sites for hydroxylation is 1. The Hall–Kier alpha value is -2.30. The van der Waals surface area contributed by atoms with Crippen molar-refractivity contribution in [3.8, 4) is 5.75 Å². The SMILES string of the molecule is CCCCOC(=O)/C=C/c1ccc(C)cc1OC(=O)N(C)C. The Kier molecular flexibility index (Phi) is 7.16. The van der Waals surface area contributed by atoms with Crippen LogP contribution < -0.4 is 4.74 Å². The molecule has 0 aliphatic carbocycles. The van der Waals surface area contributed by atoms with E-state index in [0.717, 1.165) is 18.4 Å². The summed E-state index contributed by atoms with van der Waals surface area (Å²) in [6.07, 6.45) is 4.28. The van der Waals surface area contributed by atoms with E-state index in [4.69, 9.17) is 9.47 Å². The second kappa shape index (κ2) is 8.87. The molecule has 22 heavy (non-hydrogen) atoms. The lowest BCUT2D eigenvalue weighted by molar-refractivity contribution is -0.137. The Bertz CT molecular complexity index is 550. The van der Waals surface area contributed by atoms with Crippen LogP contribution in [0.4, 0.5) is 4.79 Å². The zero-order valence-electron chi connectivity index (χ0n) is 13.6. The number of esters is 1. The fourth-order valence-corrected chi connectivity index (χ4v) is 1.58. The van der Waals surface area contributed by atoms with Crippen LogP contribution >= 0.6 is 0 Å². The molecule has 0 N–H and O–H groups in total. The molecule has 0 heterocycles. The molecule has 0 aliphatic rings. The summed E-state index contributed by atoms with van der Waals surface area (Å²) in [7, 11) is 3.22. The van der Waals surface area contributed by atoms with Gasteiger partial charge >= 0.3 is 12.1 Å². The number of rotatable bonds is 6. The standard InChI is InChI=1S/C17H23NO4/c1-5-6-11-21-16(19)10-9-14-8-7-13(2)12-15(14)22-17(20)18(3)4/h7-10,12H,5-6,11H2,1-4H3/b10-9+. The van der Waals surface area contributed by atoms with Crippen LogP contribution in [0.3, 0.4) is 0 Å². The van der Waals surface area contributed by atoms with Gasteiger partial charge in [0.1, 0.15) is 5.75 Å². The van der Waals surface area contributed by atoms with E-state index in [2.05, 4.69) is 0 Å². The van der Waals surface area contributed by atoms with E-state index in [0.29, 0.717) is 17.9 Å². The fourth-order valence-electron chi connectivity index (χ4n) is 1.58. The Morgan fingerprint density at radius 1 is 1.27 bits per heavy atom. The number of carbonyl (C=O) groups is 2. The van der Waals surface area contributed by atoms with Crippen molar-refractivity contribution in [2.45, 2.75) is 26.7 Å². The zero-order valence-corrected chi connectivity index (χ0v) is 13.6. The van der Waals surface area contributed by atoms with E-state index in [1.807, 2.05) is 19.9 Å². The highest BCUT2D eigenvalue weighted by molar-refractivity contribution is 5.88. The summed E-state index contributed by atoms with van der Waals surface area (Å²) in [6.45, 7) is 4.34. The first kappa shape index (κ1) is 17.8. The number of unbranched alkanes of at least 4 members (excludes halogenated alkanes) is 1. The molecule has 0 unspecified atom stereocenters. The quantitative estimate of drug-likeness (QED) is 0.459. The summed E-state index contributed by atoms with van der Waals surface area (Å²) in [5.74, 6) is 0.00946.